The highest BCUT2D eigenvalue weighted by atomic mass is 15.1. The van der Waals surface area contributed by atoms with E-state index in [1.807, 2.05) is 26.5 Å². The summed E-state index contributed by atoms with van der Waals surface area (Å²) in [6.45, 7) is 2.09. The smallest absolute Gasteiger partial charge is 0.0615 e. The van der Waals surface area contributed by atoms with Crippen molar-refractivity contribution in [3.05, 3.63) is 48.3 Å². The molecule has 0 saturated carbocycles. The van der Waals surface area contributed by atoms with Crippen LogP contribution in [0, 0.1) is 6.92 Å². The van der Waals surface area contributed by atoms with Crippen LogP contribution in [0.15, 0.2) is 42.7 Å². The van der Waals surface area contributed by atoms with E-state index in [1.54, 1.807) is 0 Å². The van der Waals surface area contributed by atoms with E-state index >= 15 is 0 Å². The molecular formula is C14H17N3. The number of hydrogen-bond acceptors (Lipinski definition) is 3. The summed E-state index contributed by atoms with van der Waals surface area (Å²) >= 11 is 0. The molecule has 1 aromatic carbocycles. The van der Waals surface area contributed by atoms with Crippen molar-refractivity contribution in [2.24, 2.45) is 0 Å². The summed E-state index contributed by atoms with van der Waals surface area (Å²) in [4.78, 5) is 6.33. The normalized spacial score (nSPS) is 10.1. The van der Waals surface area contributed by atoms with Crippen molar-refractivity contribution in [2.45, 2.75) is 6.92 Å². The third-order valence-corrected chi connectivity index (χ3v) is 2.82. The minimum absolute atomic E-state index is 1.02. The Labute approximate surface area is 102 Å². The fourth-order valence-corrected chi connectivity index (χ4v) is 1.67. The molecule has 2 rings (SSSR count). The predicted molar refractivity (Wildman–Crippen MR) is 73.0 cm³/mol. The van der Waals surface area contributed by atoms with Gasteiger partial charge in [-0.3, -0.25) is 4.98 Å². The SMILES string of the molecule is CNc1cncc(N(C)c2ccc(C)cc2)c1. The first-order chi connectivity index (χ1) is 8.20. The molecule has 0 bridgehead atoms. The topological polar surface area (TPSA) is 28.2 Å². The standard InChI is InChI=1S/C14H17N3/c1-11-4-6-13(7-5-11)17(3)14-8-12(15-2)9-16-10-14/h4-10,15H,1-3H3. The molecule has 1 aromatic heterocycles. The number of nitrogens with one attached hydrogen (secondary N) is 1. The van der Waals surface area contributed by atoms with E-state index in [1.165, 1.54) is 5.56 Å². The van der Waals surface area contributed by atoms with E-state index in [4.69, 9.17) is 0 Å². The van der Waals surface area contributed by atoms with Crippen molar-refractivity contribution >= 4 is 17.1 Å². The van der Waals surface area contributed by atoms with Crippen LogP contribution in [0.3, 0.4) is 0 Å². The van der Waals surface area contributed by atoms with Crippen LogP contribution in [0.5, 0.6) is 0 Å². The van der Waals surface area contributed by atoms with Crippen LogP contribution in [-0.4, -0.2) is 19.1 Å². The van der Waals surface area contributed by atoms with Gasteiger partial charge < -0.3 is 10.2 Å². The molecule has 0 radical (unpaired) electrons. The van der Waals surface area contributed by atoms with E-state index in [-0.39, 0.29) is 0 Å². The summed E-state index contributed by atoms with van der Waals surface area (Å²) in [5.74, 6) is 0. The van der Waals surface area contributed by atoms with Crippen molar-refractivity contribution in [3.8, 4) is 0 Å². The van der Waals surface area contributed by atoms with Gasteiger partial charge in [-0.2, -0.15) is 0 Å². The Morgan fingerprint density at radius 3 is 2.41 bits per heavy atom. The van der Waals surface area contributed by atoms with Crippen molar-refractivity contribution in [1.29, 1.82) is 0 Å². The summed E-state index contributed by atoms with van der Waals surface area (Å²) < 4.78 is 0. The Morgan fingerprint density at radius 2 is 1.76 bits per heavy atom. The number of nitrogens with zero attached hydrogens (tertiary/aromatic N) is 2. The molecule has 88 valence electrons. The Balaban J connectivity index is 2.29. The predicted octanol–water partition coefficient (Wildman–Crippen LogP) is 3.20. The first-order valence-corrected chi connectivity index (χ1v) is 5.64. The number of anilines is 3. The monoisotopic (exact) mass is 227 g/mol. The van der Waals surface area contributed by atoms with Gasteiger partial charge in [0, 0.05) is 19.8 Å². The van der Waals surface area contributed by atoms with Gasteiger partial charge in [0.2, 0.25) is 0 Å². The number of benzene rings is 1. The fraction of sp³-hybridized carbons (Fsp3) is 0.214. The Morgan fingerprint density at radius 1 is 1.06 bits per heavy atom. The molecule has 0 spiro atoms. The summed E-state index contributed by atoms with van der Waals surface area (Å²) in [5, 5.41) is 3.09. The van der Waals surface area contributed by atoms with Crippen molar-refractivity contribution in [3.63, 3.8) is 0 Å². The maximum atomic E-state index is 4.22. The van der Waals surface area contributed by atoms with Crippen molar-refractivity contribution < 1.29 is 0 Å². The Kier molecular flexibility index (Phi) is 3.28. The first-order valence-electron chi connectivity index (χ1n) is 5.64. The molecule has 0 aliphatic heterocycles. The molecule has 3 nitrogen and oxygen atoms in total. The molecular weight excluding hydrogens is 210 g/mol. The van der Waals surface area contributed by atoms with Gasteiger partial charge in [-0.25, -0.2) is 0 Å². The van der Waals surface area contributed by atoms with Crippen molar-refractivity contribution in [1.82, 2.24) is 4.98 Å². The third-order valence-electron chi connectivity index (χ3n) is 2.82. The lowest BCUT2D eigenvalue weighted by Crippen LogP contribution is -2.09. The average molecular weight is 227 g/mol. The highest BCUT2D eigenvalue weighted by molar-refractivity contribution is 5.65. The molecule has 17 heavy (non-hydrogen) atoms. The zero-order chi connectivity index (χ0) is 12.3. The second-order valence-corrected chi connectivity index (χ2v) is 4.08. The first kappa shape index (κ1) is 11.5. The average Bonchev–Trinajstić information content (AvgIpc) is 2.39. The summed E-state index contributed by atoms with van der Waals surface area (Å²) in [5.41, 5.74) is 4.51. The highest BCUT2D eigenvalue weighted by Crippen LogP contribution is 2.24. The maximum Gasteiger partial charge on any atom is 0.0615 e. The zero-order valence-electron chi connectivity index (χ0n) is 10.4. The summed E-state index contributed by atoms with van der Waals surface area (Å²) in [7, 11) is 3.94. The van der Waals surface area contributed by atoms with E-state index in [9.17, 15) is 0 Å². The van der Waals surface area contributed by atoms with E-state index in [0.29, 0.717) is 0 Å². The van der Waals surface area contributed by atoms with Gasteiger partial charge in [0.05, 0.1) is 23.8 Å². The van der Waals surface area contributed by atoms with Crippen LogP contribution >= 0.6 is 0 Å². The molecule has 2 aromatic rings. The fourth-order valence-electron chi connectivity index (χ4n) is 1.67. The lowest BCUT2D eigenvalue weighted by molar-refractivity contribution is 1.17. The molecule has 0 aliphatic rings. The van der Waals surface area contributed by atoms with E-state index < -0.39 is 0 Å². The van der Waals surface area contributed by atoms with Crippen LogP contribution in [0.1, 0.15) is 5.56 Å². The molecule has 0 unspecified atom stereocenters. The van der Waals surface area contributed by atoms with Crippen LogP contribution in [0.2, 0.25) is 0 Å². The van der Waals surface area contributed by atoms with Gasteiger partial charge >= 0.3 is 0 Å². The molecule has 0 fully saturated rings. The number of aromatic nitrogens is 1. The lowest BCUT2D eigenvalue weighted by atomic mass is 10.2. The number of rotatable bonds is 3. The van der Waals surface area contributed by atoms with E-state index in [2.05, 4.69) is 52.5 Å². The molecule has 0 atom stereocenters. The van der Waals surface area contributed by atoms with E-state index in [0.717, 1.165) is 17.1 Å². The number of aryl methyl sites for hydroxylation is 1. The Bertz CT molecular complexity index is 491. The molecule has 0 saturated heterocycles. The van der Waals surface area contributed by atoms with Gasteiger partial charge in [-0.1, -0.05) is 17.7 Å². The van der Waals surface area contributed by atoms with Gasteiger partial charge in [0.25, 0.3) is 0 Å². The summed E-state index contributed by atoms with van der Waals surface area (Å²) in [6.07, 6.45) is 3.67. The van der Waals surface area contributed by atoms with Gasteiger partial charge in [-0.05, 0) is 25.1 Å². The number of hydrogen-bond donors (Lipinski definition) is 1. The lowest BCUT2D eigenvalue weighted by Gasteiger charge is -2.19. The highest BCUT2D eigenvalue weighted by Gasteiger charge is 2.04. The number of pyridine rings is 1. The third kappa shape index (κ3) is 2.56. The summed E-state index contributed by atoms with van der Waals surface area (Å²) in [6, 6.07) is 10.5. The molecule has 1 heterocycles. The second-order valence-electron chi connectivity index (χ2n) is 4.08. The molecule has 1 N–H and O–H groups in total. The maximum absolute atomic E-state index is 4.22. The minimum atomic E-state index is 1.02. The van der Waals surface area contributed by atoms with Gasteiger partial charge in [0.1, 0.15) is 0 Å². The van der Waals surface area contributed by atoms with Gasteiger partial charge in [-0.15, -0.1) is 0 Å². The van der Waals surface area contributed by atoms with Crippen LogP contribution in [0.4, 0.5) is 17.1 Å². The minimum Gasteiger partial charge on any atom is -0.387 e. The van der Waals surface area contributed by atoms with Crippen LogP contribution in [-0.2, 0) is 0 Å². The largest absolute Gasteiger partial charge is 0.387 e. The second kappa shape index (κ2) is 4.87. The van der Waals surface area contributed by atoms with Gasteiger partial charge in [0.15, 0.2) is 0 Å². The zero-order valence-corrected chi connectivity index (χ0v) is 10.4. The van der Waals surface area contributed by atoms with Crippen LogP contribution in [0.25, 0.3) is 0 Å². The molecule has 0 aliphatic carbocycles. The molecule has 0 amide bonds. The quantitative estimate of drug-likeness (QED) is 0.872. The Hall–Kier alpha value is -2.03. The van der Waals surface area contributed by atoms with Crippen molar-refractivity contribution in [2.75, 3.05) is 24.3 Å². The molecule has 3 heteroatoms. The van der Waals surface area contributed by atoms with Crippen LogP contribution < -0.4 is 10.2 Å².